The van der Waals surface area contributed by atoms with Crippen molar-refractivity contribution < 1.29 is 8.42 Å². The van der Waals surface area contributed by atoms with Crippen molar-refractivity contribution in [1.29, 1.82) is 0 Å². The molecule has 0 aliphatic heterocycles. The minimum atomic E-state index is -3.60. The van der Waals surface area contributed by atoms with Gasteiger partial charge in [-0.25, -0.2) is 13.4 Å². The van der Waals surface area contributed by atoms with Crippen LogP contribution < -0.4 is 5.73 Å². The highest BCUT2D eigenvalue weighted by Crippen LogP contribution is 2.25. The zero-order valence-electron chi connectivity index (χ0n) is 13.5. The van der Waals surface area contributed by atoms with Crippen LogP contribution in [0.1, 0.15) is 11.4 Å². The molecule has 0 fully saturated rings. The Morgan fingerprint density at radius 3 is 2.76 bits per heavy atom. The molecule has 0 aliphatic carbocycles. The van der Waals surface area contributed by atoms with Gasteiger partial charge in [0.2, 0.25) is 0 Å². The van der Waals surface area contributed by atoms with Gasteiger partial charge in [-0.2, -0.15) is 11.8 Å². The number of thioether (sulfide) groups is 1. The molecule has 25 heavy (non-hydrogen) atoms. The highest BCUT2D eigenvalue weighted by atomic mass is 35.5. The summed E-state index contributed by atoms with van der Waals surface area (Å²) in [5.74, 6) is 1.21. The van der Waals surface area contributed by atoms with Crippen LogP contribution in [0.15, 0.2) is 34.4 Å². The largest absolute Gasteiger partial charge is 0.387 e. The molecule has 0 saturated heterocycles. The number of H-pyrrole nitrogens is 1. The molecule has 1 aromatic heterocycles. The zero-order chi connectivity index (χ0) is 18.4. The van der Waals surface area contributed by atoms with E-state index < -0.39 is 9.84 Å². The number of hydrogen-bond acceptors (Lipinski definition) is 5. The number of nitrogens with zero attached hydrogens (tertiary/aromatic N) is 2. The first-order valence-electron chi connectivity index (χ1n) is 7.33. The normalized spacial score (nSPS) is 12.5. The van der Waals surface area contributed by atoms with Gasteiger partial charge in [0, 0.05) is 17.2 Å². The summed E-state index contributed by atoms with van der Waals surface area (Å²) in [6, 6.07) is 4.16. The number of sulfone groups is 1. The lowest BCUT2D eigenvalue weighted by atomic mass is 10.4. The number of aromatic amines is 1. The smallest absolute Gasteiger partial charge is 0.185 e. The van der Waals surface area contributed by atoms with Crippen molar-refractivity contribution in [2.45, 2.75) is 17.6 Å². The molecular weight excluding hydrogens is 403 g/mol. The molecule has 3 N–H and O–H groups in total. The van der Waals surface area contributed by atoms with Gasteiger partial charge in [-0.3, -0.25) is 4.99 Å². The molecule has 0 spiro atoms. The van der Waals surface area contributed by atoms with E-state index in [1.165, 1.54) is 18.2 Å². The van der Waals surface area contributed by atoms with Crippen molar-refractivity contribution in [2.75, 3.05) is 18.1 Å². The third-order valence-corrected chi connectivity index (χ3v) is 6.65. The summed E-state index contributed by atoms with van der Waals surface area (Å²) in [6.07, 6.45) is 1.66. The Morgan fingerprint density at radius 1 is 1.36 bits per heavy atom. The topological polar surface area (TPSA) is 101 Å². The molecule has 2 aromatic rings. The van der Waals surface area contributed by atoms with Gasteiger partial charge < -0.3 is 10.7 Å². The zero-order valence-corrected chi connectivity index (χ0v) is 16.6. The lowest BCUT2D eigenvalue weighted by Crippen LogP contribution is -2.24. The van der Waals surface area contributed by atoms with Gasteiger partial charge in [-0.15, -0.1) is 0 Å². The predicted octanol–water partition coefficient (Wildman–Crippen LogP) is 3.09. The molecule has 6 nitrogen and oxygen atoms in total. The van der Waals surface area contributed by atoms with Crippen LogP contribution in [0, 0.1) is 6.92 Å². The Balaban J connectivity index is 1.85. The van der Waals surface area contributed by atoms with Crippen molar-refractivity contribution in [3.8, 4) is 0 Å². The molecule has 0 amide bonds. The van der Waals surface area contributed by atoms with Crippen molar-refractivity contribution in [2.24, 2.45) is 10.7 Å². The van der Waals surface area contributed by atoms with Crippen LogP contribution in [0.3, 0.4) is 0 Å². The van der Waals surface area contributed by atoms with Gasteiger partial charge in [-0.05, 0) is 25.1 Å². The first-order chi connectivity index (χ1) is 11.8. The van der Waals surface area contributed by atoms with Crippen LogP contribution in [0.25, 0.3) is 0 Å². The highest BCUT2D eigenvalue weighted by Gasteiger charge is 2.17. The summed E-state index contributed by atoms with van der Waals surface area (Å²) >= 11 is 13.3. The Labute approximate surface area is 161 Å². The minimum absolute atomic E-state index is 0.0719. The molecule has 1 heterocycles. The molecule has 0 aliphatic rings. The number of aryl methyl sites for hydroxylation is 1. The highest BCUT2D eigenvalue weighted by molar-refractivity contribution is 7.98. The van der Waals surface area contributed by atoms with Gasteiger partial charge in [0.15, 0.2) is 9.84 Å². The predicted molar refractivity (Wildman–Crippen MR) is 104 cm³/mol. The van der Waals surface area contributed by atoms with Crippen LogP contribution >= 0.6 is 35.0 Å². The maximum absolute atomic E-state index is 12.3. The summed E-state index contributed by atoms with van der Waals surface area (Å²) in [7, 11) is -3.60. The first kappa shape index (κ1) is 20.1. The molecule has 136 valence electrons. The van der Waals surface area contributed by atoms with Crippen LogP contribution in [0.2, 0.25) is 10.0 Å². The molecule has 0 unspecified atom stereocenters. The summed E-state index contributed by atoms with van der Waals surface area (Å²) in [6.45, 7) is 2.41. The molecular formula is C15H18Cl2N4O2S2. The SMILES string of the molecule is Cc1[nH]cnc1CSCCN=C(N)CS(=O)(=O)c1ccc(Cl)c(Cl)c1. The number of benzene rings is 1. The average molecular weight is 421 g/mol. The van der Waals surface area contributed by atoms with E-state index in [-0.39, 0.29) is 21.5 Å². The maximum Gasteiger partial charge on any atom is 0.185 e. The Bertz CT molecular complexity index is 866. The number of amidine groups is 1. The number of aromatic nitrogens is 2. The Morgan fingerprint density at radius 2 is 2.12 bits per heavy atom. The lowest BCUT2D eigenvalue weighted by Gasteiger charge is -2.06. The third-order valence-electron chi connectivity index (χ3n) is 3.31. The van der Waals surface area contributed by atoms with Crippen molar-refractivity contribution in [1.82, 2.24) is 9.97 Å². The van der Waals surface area contributed by atoms with Crippen LogP contribution in [-0.4, -0.2) is 42.3 Å². The van der Waals surface area contributed by atoms with E-state index in [1.807, 2.05) is 6.92 Å². The van der Waals surface area contributed by atoms with Gasteiger partial charge >= 0.3 is 0 Å². The van der Waals surface area contributed by atoms with Crippen molar-refractivity contribution in [3.05, 3.63) is 46.0 Å². The van der Waals surface area contributed by atoms with Crippen LogP contribution in [-0.2, 0) is 15.6 Å². The monoisotopic (exact) mass is 420 g/mol. The first-order valence-corrected chi connectivity index (χ1v) is 10.9. The van der Waals surface area contributed by atoms with E-state index in [1.54, 1.807) is 18.1 Å². The van der Waals surface area contributed by atoms with E-state index in [9.17, 15) is 8.42 Å². The lowest BCUT2D eigenvalue weighted by molar-refractivity contribution is 0.599. The number of imidazole rings is 1. The summed E-state index contributed by atoms with van der Waals surface area (Å²) in [4.78, 5) is 11.4. The molecule has 1 aromatic carbocycles. The summed E-state index contributed by atoms with van der Waals surface area (Å²) < 4.78 is 24.6. The second-order valence-corrected chi connectivity index (χ2v) is 9.14. The van der Waals surface area contributed by atoms with Gasteiger partial charge in [0.25, 0.3) is 0 Å². The Hall–Kier alpha value is -1.22. The van der Waals surface area contributed by atoms with Gasteiger partial charge in [0.05, 0.1) is 33.5 Å². The average Bonchev–Trinajstić information content (AvgIpc) is 2.94. The molecule has 2 rings (SSSR count). The molecule has 0 saturated carbocycles. The second-order valence-electron chi connectivity index (χ2n) is 5.23. The number of nitrogens with one attached hydrogen (secondary N) is 1. The van der Waals surface area contributed by atoms with E-state index in [4.69, 9.17) is 28.9 Å². The van der Waals surface area contributed by atoms with Crippen molar-refractivity contribution in [3.63, 3.8) is 0 Å². The number of rotatable bonds is 8. The van der Waals surface area contributed by atoms with E-state index in [0.717, 1.165) is 22.9 Å². The number of halogens is 2. The van der Waals surface area contributed by atoms with Crippen molar-refractivity contribution >= 4 is 50.6 Å². The fraction of sp³-hybridized carbons (Fsp3) is 0.333. The minimum Gasteiger partial charge on any atom is -0.387 e. The maximum atomic E-state index is 12.3. The molecule has 0 bridgehead atoms. The number of hydrogen-bond donors (Lipinski definition) is 2. The molecule has 0 atom stereocenters. The summed E-state index contributed by atoms with van der Waals surface area (Å²) in [5.41, 5.74) is 7.80. The van der Waals surface area contributed by atoms with Crippen LogP contribution in [0.5, 0.6) is 0 Å². The number of nitrogens with two attached hydrogens (primary N) is 1. The fourth-order valence-electron chi connectivity index (χ4n) is 1.95. The third kappa shape index (κ3) is 5.91. The molecule has 0 radical (unpaired) electrons. The van der Waals surface area contributed by atoms with E-state index >= 15 is 0 Å². The number of aliphatic imine (C=N–C) groups is 1. The second kappa shape index (κ2) is 8.93. The van der Waals surface area contributed by atoms with Crippen LogP contribution in [0.4, 0.5) is 0 Å². The fourth-order valence-corrected chi connectivity index (χ4v) is 4.38. The Kier molecular flexibility index (Phi) is 7.18. The summed E-state index contributed by atoms with van der Waals surface area (Å²) in [5, 5.41) is 0.481. The van der Waals surface area contributed by atoms with E-state index in [2.05, 4.69) is 15.0 Å². The standard InChI is InChI=1S/C15H18Cl2N4O2S2/c1-10-14(21-9-20-10)7-24-5-4-19-15(18)8-25(22,23)11-2-3-12(16)13(17)6-11/h2-3,6,9H,4-5,7-8H2,1H3,(H2,18,19)(H,20,21). The van der Waals surface area contributed by atoms with Gasteiger partial charge in [0.1, 0.15) is 11.6 Å². The quantitative estimate of drug-likeness (QED) is 0.388. The van der Waals surface area contributed by atoms with Gasteiger partial charge in [-0.1, -0.05) is 23.2 Å². The van der Waals surface area contributed by atoms with E-state index in [0.29, 0.717) is 11.6 Å². The molecule has 10 heteroatoms.